The van der Waals surface area contributed by atoms with Crippen LogP contribution in [-0.2, 0) is 4.79 Å². The molecular weight excluding hydrogens is 232 g/mol. The van der Waals surface area contributed by atoms with Gasteiger partial charge < -0.3 is 4.74 Å². The monoisotopic (exact) mass is 248 g/mol. The molecule has 0 fully saturated rings. The molecule has 0 aliphatic heterocycles. The van der Waals surface area contributed by atoms with E-state index < -0.39 is 0 Å². The Kier molecular flexibility index (Phi) is 3.89. The van der Waals surface area contributed by atoms with Gasteiger partial charge in [-0.3, -0.25) is 4.79 Å². The average Bonchev–Trinajstić information content (AvgIpc) is 2.35. The molecule has 3 heteroatoms. The molecule has 0 N–H and O–H groups in total. The van der Waals surface area contributed by atoms with Gasteiger partial charge in [0.1, 0.15) is 5.75 Å². The first-order valence-corrected chi connectivity index (χ1v) is 6.57. The molecule has 17 heavy (non-hydrogen) atoms. The van der Waals surface area contributed by atoms with Crippen molar-refractivity contribution in [1.82, 2.24) is 0 Å². The van der Waals surface area contributed by atoms with E-state index >= 15 is 0 Å². The van der Waals surface area contributed by atoms with Crippen molar-refractivity contribution in [2.75, 3.05) is 7.11 Å². The number of allylic oxidation sites excluding steroid dienone is 2. The van der Waals surface area contributed by atoms with Gasteiger partial charge in [0.15, 0.2) is 5.78 Å². The van der Waals surface area contributed by atoms with Gasteiger partial charge in [-0.25, -0.2) is 0 Å². The number of Topliss-reactive ketones (excluding diaryl/α,β-unsaturated/α-hetero) is 1. The number of ketones is 1. The summed E-state index contributed by atoms with van der Waals surface area (Å²) in [6.45, 7) is 1.93. The van der Waals surface area contributed by atoms with Crippen LogP contribution < -0.4 is 4.74 Å². The zero-order valence-corrected chi connectivity index (χ0v) is 11.0. The Hall–Kier alpha value is -1.22. The Labute approximate surface area is 106 Å². The van der Waals surface area contributed by atoms with E-state index in [0.29, 0.717) is 12.2 Å². The first-order chi connectivity index (χ1) is 8.20. The lowest BCUT2D eigenvalue weighted by Gasteiger charge is -2.16. The Balaban J connectivity index is 2.20. The minimum Gasteiger partial charge on any atom is -0.497 e. The van der Waals surface area contributed by atoms with Crippen LogP contribution in [0.1, 0.15) is 26.2 Å². The molecule has 0 saturated heterocycles. The molecule has 2 rings (SSSR count). The highest BCUT2D eigenvalue weighted by Crippen LogP contribution is 2.36. The number of methoxy groups -OCH3 is 1. The first-order valence-electron chi connectivity index (χ1n) is 5.75. The fraction of sp³-hybridized carbons (Fsp3) is 0.357. The Bertz CT molecular complexity index is 463. The Morgan fingerprint density at radius 1 is 1.29 bits per heavy atom. The average molecular weight is 248 g/mol. The number of hydrogen-bond donors (Lipinski definition) is 0. The molecule has 0 heterocycles. The van der Waals surface area contributed by atoms with Crippen LogP contribution in [0.25, 0.3) is 0 Å². The predicted molar refractivity (Wildman–Crippen MR) is 70.4 cm³/mol. The van der Waals surface area contributed by atoms with Crippen molar-refractivity contribution >= 4 is 17.5 Å². The summed E-state index contributed by atoms with van der Waals surface area (Å²) in [5.41, 5.74) is 0.934. The number of ether oxygens (including phenoxy) is 1. The van der Waals surface area contributed by atoms with E-state index in [-0.39, 0.29) is 0 Å². The number of benzene rings is 1. The van der Waals surface area contributed by atoms with E-state index in [4.69, 9.17) is 4.74 Å². The second-order valence-corrected chi connectivity index (χ2v) is 5.27. The fourth-order valence-corrected chi connectivity index (χ4v) is 2.99. The molecule has 0 atom stereocenters. The van der Waals surface area contributed by atoms with E-state index in [2.05, 4.69) is 0 Å². The lowest BCUT2D eigenvalue weighted by atomic mass is 9.99. The van der Waals surface area contributed by atoms with Crippen LogP contribution in [0.15, 0.2) is 39.6 Å². The molecule has 0 spiro atoms. The quantitative estimate of drug-likeness (QED) is 0.813. The molecule has 0 unspecified atom stereocenters. The first kappa shape index (κ1) is 12.2. The molecule has 1 aromatic rings. The van der Waals surface area contributed by atoms with Crippen LogP contribution in [0.3, 0.4) is 0 Å². The van der Waals surface area contributed by atoms with Crippen molar-refractivity contribution in [3.8, 4) is 5.75 Å². The van der Waals surface area contributed by atoms with Crippen molar-refractivity contribution in [3.63, 3.8) is 0 Å². The second-order valence-electron chi connectivity index (χ2n) is 4.11. The third-order valence-electron chi connectivity index (χ3n) is 2.93. The number of carbonyl (C=O) groups is 1. The van der Waals surface area contributed by atoms with Gasteiger partial charge in [-0.2, -0.15) is 0 Å². The summed E-state index contributed by atoms with van der Waals surface area (Å²) in [5, 5.41) is 0. The van der Waals surface area contributed by atoms with Gasteiger partial charge in [0.2, 0.25) is 0 Å². The number of rotatable bonds is 3. The number of carbonyl (C=O) groups excluding carboxylic acids is 1. The fourth-order valence-electron chi connectivity index (χ4n) is 1.87. The summed E-state index contributed by atoms with van der Waals surface area (Å²) in [5.74, 6) is 1.15. The van der Waals surface area contributed by atoms with Crippen LogP contribution in [0.4, 0.5) is 0 Å². The predicted octanol–water partition coefficient (Wildman–Crippen LogP) is 3.81. The lowest BCUT2D eigenvalue weighted by Crippen LogP contribution is -2.07. The van der Waals surface area contributed by atoms with Crippen LogP contribution in [0.5, 0.6) is 5.75 Å². The number of thioether (sulfide) groups is 1. The number of hydrogen-bond acceptors (Lipinski definition) is 3. The van der Waals surface area contributed by atoms with Crippen LogP contribution >= 0.6 is 11.8 Å². The molecule has 1 aliphatic rings. The molecule has 90 valence electrons. The second kappa shape index (κ2) is 5.41. The van der Waals surface area contributed by atoms with Gasteiger partial charge >= 0.3 is 0 Å². The Morgan fingerprint density at radius 2 is 2.12 bits per heavy atom. The highest BCUT2D eigenvalue weighted by Gasteiger charge is 2.17. The standard InChI is InChI=1S/C14H16O2S/c1-10-13(15)7-4-8-14(10)17-12-6-3-5-11(9-12)16-2/h3,5-6,9H,4,7-8H2,1-2H3. The summed E-state index contributed by atoms with van der Waals surface area (Å²) in [7, 11) is 1.67. The zero-order chi connectivity index (χ0) is 12.3. The molecule has 1 aliphatic carbocycles. The van der Waals surface area contributed by atoms with Gasteiger partial charge in [-0.1, -0.05) is 17.8 Å². The normalized spacial score (nSPS) is 16.2. The highest BCUT2D eigenvalue weighted by molar-refractivity contribution is 8.03. The van der Waals surface area contributed by atoms with E-state index in [1.165, 1.54) is 4.91 Å². The molecule has 0 saturated carbocycles. The third kappa shape index (κ3) is 2.91. The van der Waals surface area contributed by atoms with Crippen LogP contribution in [0, 0.1) is 0 Å². The maximum absolute atomic E-state index is 11.6. The Morgan fingerprint density at radius 3 is 2.88 bits per heavy atom. The van der Waals surface area contributed by atoms with Crippen molar-refractivity contribution < 1.29 is 9.53 Å². The zero-order valence-electron chi connectivity index (χ0n) is 10.2. The van der Waals surface area contributed by atoms with Crippen LogP contribution in [0.2, 0.25) is 0 Å². The van der Waals surface area contributed by atoms with E-state index in [0.717, 1.165) is 29.1 Å². The smallest absolute Gasteiger partial charge is 0.159 e. The SMILES string of the molecule is COc1cccc(SC2=C(C)C(=O)CCC2)c1. The molecule has 0 aromatic heterocycles. The minimum absolute atomic E-state index is 0.293. The van der Waals surface area contributed by atoms with Gasteiger partial charge in [0, 0.05) is 16.9 Å². The minimum atomic E-state index is 0.293. The van der Waals surface area contributed by atoms with E-state index in [9.17, 15) is 4.79 Å². The molecule has 1 aromatic carbocycles. The van der Waals surface area contributed by atoms with Crippen molar-refractivity contribution in [2.24, 2.45) is 0 Å². The van der Waals surface area contributed by atoms with Gasteiger partial charge in [0.05, 0.1) is 7.11 Å². The molecule has 0 radical (unpaired) electrons. The molecule has 2 nitrogen and oxygen atoms in total. The van der Waals surface area contributed by atoms with Gasteiger partial charge in [0.25, 0.3) is 0 Å². The van der Waals surface area contributed by atoms with Crippen molar-refractivity contribution in [1.29, 1.82) is 0 Å². The molecule has 0 amide bonds. The van der Waals surface area contributed by atoms with Crippen molar-refractivity contribution in [3.05, 3.63) is 34.7 Å². The molecular formula is C14H16O2S. The lowest BCUT2D eigenvalue weighted by molar-refractivity contribution is -0.115. The van der Waals surface area contributed by atoms with Gasteiger partial charge in [-0.15, -0.1) is 0 Å². The summed E-state index contributed by atoms with van der Waals surface area (Å²) in [6, 6.07) is 7.95. The largest absolute Gasteiger partial charge is 0.497 e. The van der Waals surface area contributed by atoms with Crippen LogP contribution in [-0.4, -0.2) is 12.9 Å². The van der Waals surface area contributed by atoms with E-state index in [1.807, 2.05) is 31.2 Å². The summed E-state index contributed by atoms with van der Waals surface area (Å²) in [4.78, 5) is 14.0. The van der Waals surface area contributed by atoms with Gasteiger partial charge in [-0.05, 0) is 42.9 Å². The van der Waals surface area contributed by atoms with E-state index in [1.54, 1.807) is 18.9 Å². The summed E-state index contributed by atoms with van der Waals surface area (Å²) in [6.07, 6.45) is 2.69. The topological polar surface area (TPSA) is 26.3 Å². The maximum atomic E-state index is 11.6. The highest BCUT2D eigenvalue weighted by atomic mass is 32.2. The summed E-state index contributed by atoms with van der Waals surface area (Å²) >= 11 is 1.68. The van der Waals surface area contributed by atoms with Crippen molar-refractivity contribution in [2.45, 2.75) is 31.1 Å². The third-order valence-corrected chi connectivity index (χ3v) is 4.17. The molecule has 0 bridgehead atoms. The summed E-state index contributed by atoms with van der Waals surface area (Å²) < 4.78 is 5.20. The maximum Gasteiger partial charge on any atom is 0.159 e.